The van der Waals surface area contributed by atoms with Gasteiger partial charge in [0.1, 0.15) is 0 Å². The van der Waals surface area contributed by atoms with Crippen molar-refractivity contribution in [3.8, 4) is 0 Å². The second-order valence-corrected chi connectivity index (χ2v) is 11.8. The summed E-state index contributed by atoms with van der Waals surface area (Å²) < 4.78 is 0. The van der Waals surface area contributed by atoms with E-state index in [1.165, 1.54) is 89.9 Å². The molecule has 4 nitrogen and oxygen atoms in total. The number of nitrogens with zero attached hydrogens (tertiary/aromatic N) is 1. The number of carbonyl (C=O) groups is 2. The molecule has 1 amide bonds. The van der Waals surface area contributed by atoms with Gasteiger partial charge in [-0.15, -0.1) is 0 Å². The molecule has 3 unspecified atom stereocenters. The molecular formula is C34H65NO3. The molecule has 38 heavy (non-hydrogen) atoms. The molecule has 0 spiro atoms. The quantitative estimate of drug-likeness (QED) is 0.0840. The summed E-state index contributed by atoms with van der Waals surface area (Å²) in [5, 5.41) is 9.35. The van der Waals surface area contributed by atoms with E-state index < -0.39 is 5.97 Å². The number of hydrogen-bond acceptors (Lipinski definition) is 2. The Morgan fingerprint density at radius 1 is 0.711 bits per heavy atom. The number of aliphatic carboxylic acids is 1. The molecule has 0 aromatic carbocycles. The predicted molar refractivity (Wildman–Crippen MR) is 165 cm³/mol. The monoisotopic (exact) mass is 535 g/mol. The number of carboxylic acid groups (broad SMARTS) is 1. The van der Waals surface area contributed by atoms with Crippen LogP contribution in [-0.4, -0.2) is 35.0 Å². The second kappa shape index (κ2) is 25.9. The molecule has 1 N–H and O–H groups in total. The number of allylic oxidation sites excluding steroid dienone is 1. The third kappa shape index (κ3) is 20.6. The number of carbonyl (C=O) groups excluding carboxylic acids is 1. The van der Waals surface area contributed by atoms with E-state index in [1.807, 2.05) is 6.08 Å². The summed E-state index contributed by atoms with van der Waals surface area (Å²) in [6, 6.07) is 0. The fraction of sp³-hybridized carbons (Fsp3) is 0.882. The molecule has 0 saturated heterocycles. The molecule has 0 aliphatic heterocycles. The van der Waals surface area contributed by atoms with Gasteiger partial charge in [0.2, 0.25) is 5.91 Å². The van der Waals surface area contributed by atoms with Crippen LogP contribution in [0.1, 0.15) is 163 Å². The van der Waals surface area contributed by atoms with Crippen LogP contribution < -0.4 is 0 Å². The van der Waals surface area contributed by atoms with Crippen LogP contribution in [0.4, 0.5) is 0 Å². The van der Waals surface area contributed by atoms with Crippen molar-refractivity contribution in [3.05, 3.63) is 12.2 Å². The van der Waals surface area contributed by atoms with Gasteiger partial charge in [0.25, 0.3) is 0 Å². The lowest BCUT2D eigenvalue weighted by molar-refractivity contribution is -0.138. The van der Waals surface area contributed by atoms with E-state index in [4.69, 9.17) is 0 Å². The number of unbranched alkanes of at least 4 members (excludes halogenated alkanes) is 12. The zero-order valence-electron chi connectivity index (χ0n) is 26.2. The Morgan fingerprint density at radius 3 is 1.84 bits per heavy atom. The molecule has 0 aromatic rings. The minimum Gasteiger partial charge on any atom is -0.481 e. The number of rotatable bonds is 27. The Labute approximate surface area is 237 Å². The van der Waals surface area contributed by atoms with Gasteiger partial charge >= 0.3 is 5.97 Å². The average Bonchev–Trinajstić information content (AvgIpc) is 2.90. The van der Waals surface area contributed by atoms with Gasteiger partial charge in [0.15, 0.2) is 0 Å². The van der Waals surface area contributed by atoms with E-state index in [2.05, 4.69) is 45.6 Å². The van der Waals surface area contributed by atoms with Gasteiger partial charge < -0.3 is 10.0 Å². The molecule has 0 aliphatic carbocycles. The van der Waals surface area contributed by atoms with E-state index in [-0.39, 0.29) is 18.2 Å². The third-order valence-electron chi connectivity index (χ3n) is 8.00. The molecule has 0 bridgehead atoms. The molecule has 0 fully saturated rings. The van der Waals surface area contributed by atoms with Gasteiger partial charge in [-0.25, -0.2) is 0 Å². The van der Waals surface area contributed by atoms with Gasteiger partial charge in [-0.3, -0.25) is 9.59 Å². The molecule has 3 atom stereocenters. The summed E-state index contributed by atoms with van der Waals surface area (Å²) >= 11 is 0. The van der Waals surface area contributed by atoms with Crippen molar-refractivity contribution < 1.29 is 14.7 Å². The zero-order valence-corrected chi connectivity index (χ0v) is 26.2. The maximum absolute atomic E-state index is 13.9. The standard InChI is InChI=1S/C34H65NO3/c1-6-10-13-14-15-16-17-18-19-22-25-32(26-27-33(36)37)34(38)35(28-30(5)23-20-11-7-2)29-31(9-4)24-21-12-8-3/h22,25,30-32H,6-21,23-24,26-29H2,1-5H3,(H,36,37)/b25-22-. The molecule has 0 aliphatic rings. The largest absolute Gasteiger partial charge is 0.481 e. The minimum absolute atomic E-state index is 0.0477. The fourth-order valence-corrected chi connectivity index (χ4v) is 5.36. The van der Waals surface area contributed by atoms with Crippen molar-refractivity contribution in [3.63, 3.8) is 0 Å². The predicted octanol–water partition coefficient (Wildman–Crippen LogP) is 10.2. The van der Waals surface area contributed by atoms with Crippen molar-refractivity contribution in [2.45, 2.75) is 163 Å². The van der Waals surface area contributed by atoms with Crippen LogP contribution in [0.3, 0.4) is 0 Å². The fourth-order valence-electron chi connectivity index (χ4n) is 5.36. The maximum Gasteiger partial charge on any atom is 0.303 e. The summed E-state index contributed by atoms with van der Waals surface area (Å²) in [6.07, 6.45) is 26.8. The molecule has 4 heteroatoms. The first-order valence-electron chi connectivity index (χ1n) is 16.6. The van der Waals surface area contributed by atoms with E-state index in [9.17, 15) is 14.7 Å². The smallest absolute Gasteiger partial charge is 0.303 e. The third-order valence-corrected chi connectivity index (χ3v) is 8.00. The van der Waals surface area contributed by atoms with Gasteiger partial charge in [-0.1, -0.05) is 137 Å². The van der Waals surface area contributed by atoms with Crippen LogP contribution in [0, 0.1) is 17.8 Å². The second-order valence-electron chi connectivity index (χ2n) is 11.8. The van der Waals surface area contributed by atoms with E-state index in [1.54, 1.807) is 0 Å². The Morgan fingerprint density at radius 2 is 1.26 bits per heavy atom. The molecule has 0 radical (unpaired) electrons. The van der Waals surface area contributed by atoms with Crippen molar-refractivity contribution >= 4 is 11.9 Å². The lowest BCUT2D eigenvalue weighted by Crippen LogP contribution is -2.41. The van der Waals surface area contributed by atoms with Crippen molar-refractivity contribution in [2.24, 2.45) is 17.8 Å². The summed E-state index contributed by atoms with van der Waals surface area (Å²) in [7, 11) is 0. The first kappa shape index (κ1) is 36.7. The van der Waals surface area contributed by atoms with Crippen LogP contribution in [0.15, 0.2) is 12.2 Å². The first-order valence-corrected chi connectivity index (χ1v) is 16.6. The van der Waals surface area contributed by atoms with Gasteiger partial charge in [0.05, 0.1) is 5.92 Å². The number of amides is 1. The SMILES string of the molecule is CCCCCCCCCC/C=C\C(CCC(=O)O)C(=O)N(CC(C)CCCCC)CC(CC)CCCCC. The van der Waals surface area contributed by atoms with Crippen molar-refractivity contribution in [2.75, 3.05) is 13.1 Å². The number of hydrogen-bond donors (Lipinski definition) is 1. The lowest BCUT2D eigenvalue weighted by Gasteiger charge is -2.32. The highest BCUT2D eigenvalue weighted by molar-refractivity contribution is 5.81. The summed E-state index contributed by atoms with van der Waals surface area (Å²) in [5.74, 6) is 0.00504. The molecular weight excluding hydrogens is 470 g/mol. The topological polar surface area (TPSA) is 57.6 Å². The highest BCUT2D eigenvalue weighted by Gasteiger charge is 2.26. The highest BCUT2D eigenvalue weighted by atomic mass is 16.4. The Balaban J connectivity index is 5.20. The van der Waals surface area contributed by atoms with Gasteiger partial charge in [-0.2, -0.15) is 0 Å². The van der Waals surface area contributed by atoms with Crippen LogP contribution in [-0.2, 0) is 9.59 Å². The normalized spacial score (nSPS) is 14.0. The summed E-state index contributed by atoms with van der Waals surface area (Å²) in [4.78, 5) is 27.4. The highest BCUT2D eigenvalue weighted by Crippen LogP contribution is 2.22. The molecule has 0 aromatic heterocycles. The minimum atomic E-state index is -0.815. The van der Waals surface area contributed by atoms with Crippen LogP contribution in [0.25, 0.3) is 0 Å². The van der Waals surface area contributed by atoms with Crippen LogP contribution >= 0.6 is 0 Å². The Bertz CT molecular complexity index is 588. The number of carboxylic acids is 1. The van der Waals surface area contributed by atoms with Crippen LogP contribution in [0.5, 0.6) is 0 Å². The van der Waals surface area contributed by atoms with Crippen LogP contribution in [0.2, 0.25) is 0 Å². The van der Waals surface area contributed by atoms with Crippen molar-refractivity contribution in [1.29, 1.82) is 0 Å². The molecule has 0 heterocycles. The van der Waals surface area contributed by atoms with E-state index >= 15 is 0 Å². The van der Waals surface area contributed by atoms with Crippen molar-refractivity contribution in [1.82, 2.24) is 4.90 Å². The first-order chi connectivity index (χ1) is 18.4. The zero-order chi connectivity index (χ0) is 28.4. The summed E-state index contributed by atoms with van der Waals surface area (Å²) in [5.41, 5.74) is 0. The van der Waals surface area contributed by atoms with Gasteiger partial charge in [-0.05, 0) is 43.9 Å². The molecule has 0 saturated carbocycles. The average molecular weight is 536 g/mol. The van der Waals surface area contributed by atoms with Gasteiger partial charge in [0, 0.05) is 19.5 Å². The lowest BCUT2D eigenvalue weighted by atomic mass is 9.94. The molecule has 0 rings (SSSR count). The maximum atomic E-state index is 13.9. The van der Waals surface area contributed by atoms with E-state index in [0.717, 1.165) is 38.8 Å². The Kier molecular flexibility index (Phi) is 25.0. The summed E-state index contributed by atoms with van der Waals surface area (Å²) in [6.45, 7) is 12.9. The Hall–Kier alpha value is -1.32. The molecule has 224 valence electrons. The van der Waals surface area contributed by atoms with E-state index in [0.29, 0.717) is 18.3 Å².